The van der Waals surface area contributed by atoms with Crippen molar-refractivity contribution in [3.63, 3.8) is 0 Å². The SMILES string of the molecule is CC(C)COc1cccc(NC(=O)C(C)(N)C2CC2)c1. The van der Waals surface area contributed by atoms with Gasteiger partial charge >= 0.3 is 0 Å². The zero-order valence-corrected chi connectivity index (χ0v) is 12.5. The highest BCUT2D eigenvalue weighted by Crippen LogP contribution is 2.38. The summed E-state index contributed by atoms with van der Waals surface area (Å²) in [6.07, 6.45) is 2.08. The number of carbonyl (C=O) groups is 1. The van der Waals surface area contributed by atoms with E-state index >= 15 is 0 Å². The molecule has 1 aliphatic rings. The molecule has 0 aliphatic heterocycles. The molecule has 0 heterocycles. The zero-order valence-electron chi connectivity index (χ0n) is 12.5. The van der Waals surface area contributed by atoms with Gasteiger partial charge in [-0.05, 0) is 43.7 Å². The Bertz CT molecular complexity index is 479. The predicted molar refractivity (Wildman–Crippen MR) is 80.7 cm³/mol. The van der Waals surface area contributed by atoms with Crippen LogP contribution in [-0.4, -0.2) is 18.1 Å². The molecule has 0 radical (unpaired) electrons. The highest BCUT2D eigenvalue weighted by atomic mass is 16.5. The lowest BCUT2D eigenvalue weighted by Gasteiger charge is -2.23. The first kappa shape index (κ1) is 14.9. The molecule has 1 amide bonds. The number of carbonyl (C=O) groups excluding carboxylic acids is 1. The van der Waals surface area contributed by atoms with E-state index in [9.17, 15) is 4.79 Å². The van der Waals surface area contributed by atoms with Gasteiger partial charge in [-0.15, -0.1) is 0 Å². The molecule has 4 nitrogen and oxygen atoms in total. The van der Waals surface area contributed by atoms with Crippen molar-refractivity contribution in [1.82, 2.24) is 0 Å². The van der Waals surface area contributed by atoms with E-state index in [0.717, 1.165) is 24.3 Å². The Morgan fingerprint density at radius 1 is 1.50 bits per heavy atom. The lowest BCUT2D eigenvalue weighted by atomic mass is 9.96. The number of benzene rings is 1. The molecule has 1 unspecified atom stereocenters. The molecule has 2 rings (SSSR count). The summed E-state index contributed by atoms with van der Waals surface area (Å²) in [5, 5.41) is 2.89. The molecule has 1 fully saturated rings. The molecule has 1 aromatic carbocycles. The summed E-state index contributed by atoms with van der Waals surface area (Å²) in [5.41, 5.74) is 6.05. The number of hydrogen-bond donors (Lipinski definition) is 2. The minimum Gasteiger partial charge on any atom is -0.493 e. The molecule has 3 N–H and O–H groups in total. The van der Waals surface area contributed by atoms with Crippen molar-refractivity contribution in [2.75, 3.05) is 11.9 Å². The van der Waals surface area contributed by atoms with Gasteiger partial charge in [0.25, 0.3) is 0 Å². The number of hydrogen-bond acceptors (Lipinski definition) is 3. The third kappa shape index (κ3) is 3.73. The van der Waals surface area contributed by atoms with Crippen LogP contribution in [0.25, 0.3) is 0 Å². The van der Waals surface area contributed by atoms with Crippen LogP contribution in [0.1, 0.15) is 33.6 Å². The van der Waals surface area contributed by atoms with Gasteiger partial charge in [-0.25, -0.2) is 0 Å². The largest absolute Gasteiger partial charge is 0.493 e. The van der Waals surface area contributed by atoms with Crippen LogP contribution in [0.15, 0.2) is 24.3 Å². The zero-order chi connectivity index (χ0) is 14.8. The van der Waals surface area contributed by atoms with Crippen LogP contribution in [0.3, 0.4) is 0 Å². The topological polar surface area (TPSA) is 64.3 Å². The van der Waals surface area contributed by atoms with E-state index in [1.807, 2.05) is 24.3 Å². The Labute approximate surface area is 120 Å². The smallest absolute Gasteiger partial charge is 0.244 e. The maximum absolute atomic E-state index is 12.2. The number of amides is 1. The lowest BCUT2D eigenvalue weighted by molar-refractivity contribution is -0.121. The average molecular weight is 276 g/mol. The molecule has 1 aromatic rings. The minimum absolute atomic E-state index is 0.124. The van der Waals surface area contributed by atoms with Gasteiger partial charge in [-0.3, -0.25) is 4.79 Å². The van der Waals surface area contributed by atoms with E-state index in [2.05, 4.69) is 19.2 Å². The number of rotatable bonds is 6. The van der Waals surface area contributed by atoms with Crippen LogP contribution in [-0.2, 0) is 4.79 Å². The fraction of sp³-hybridized carbons (Fsp3) is 0.562. The highest BCUT2D eigenvalue weighted by Gasteiger charge is 2.44. The number of anilines is 1. The maximum Gasteiger partial charge on any atom is 0.244 e. The quantitative estimate of drug-likeness (QED) is 0.839. The van der Waals surface area contributed by atoms with E-state index in [1.165, 1.54) is 0 Å². The summed E-state index contributed by atoms with van der Waals surface area (Å²) in [4.78, 5) is 12.2. The van der Waals surface area contributed by atoms with Gasteiger partial charge in [-0.2, -0.15) is 0 Å². The summed E-state index contributed by atoms with van der Waals surface area (Å²) in [6, 6.07) is 7.45. The van der Waals surface area contributed by atoms with Crippen molar-refractivity contribution in [1.29, 1.82) is 0 Å². The standard InChI is InChI=1S/C16H24N2O2/c1-11(2)10-20-14-6-4-5-13(9-14)18-15(19)16(3,17)12-7-8-12/h4-6,9,11-12H,7-8,10,17H2,1-3H3,(H,18,19). The summed E-state index contributed by atoms with van der Waals surface area (Å²) >= 11 is 0. The second-order valence-electron chi connectivity index (χ2n) is 6.24. The van der Waals surface area contributed by atoms with Crippen molar-refractivity contribution in [2.45, 2.75) is 39.2 Å². The number of ether oxygens (including phenoxy) is 1. The van der Waals surface area contributed by atoms with Crippen molar-refractivity contribution in [3.05, 3.63) is 24.3 Å². The second kappa shape index (κ2) is 5.83. The van der Waals surface area contributed by atoms with Gasteiger partial charge in [0.1, 0.15) is 5.75 Å². The van der Waals surface area contributed by atoms with Gasteiger partial charge in [-0.1, -0.05) is 19.9 Å². The van der Waals surface area contributed by atoms with E-state index < -0.39 is 5.54 Å². The normalized spacial score (nSPS) is 17.6. The molecule has 110 valence electrons. The molecule has 0 aromatic heterocycles. The third-order valence-electron chi connectivity index (χ3n) is 3.59. The first-order valence-corrected chi connectivity index (χ1v) is 7.23. The van der Waals surface area contributed by atoms with Crippen LogP contribution in [0.4, 0.5) is 5.69 Å². The molecule has 20 heavy (non-hydrogen) atoms. The van der Waals surface area contributed by atoms with Gasteiger partial charge in [0.15, 0.2) is 0 Å². The molecule has 1 saturated carbocycles. The molecular formula is C16H24N2O2. The number of nitrogens with two attached hydrogens (primary N) is 1. The Hall–Kier alpha value is -1.55. The highest BCUT2D eigenvalue weighted by molar-refractivity contribution is 5.98. The van der Waals surface area contributed by atoms with Crippen molar-refractivity contribution < 1.29 is 9.53 Å². The van der Waals surface area contributed by atoms with Crippen molar-refractivity contribution in [2.24, 2.45) is 17.6 Å². The van der Waals surface area contributed by atoms with Gasteiger partial charge in [0, 0.05) is 11.8 Å². The molecule has 1 aliphatic carbocycles. The Morgan fingerprint density at radius 2 is 2.20 bits per heavy atom. The fourth-order valence-electron chi connectivity index (χ4n) is 2.06. The van der Waals surface area contributed by atoms with Crippen LogP contribution in [0.2, 0.25) is 0 Å². The molecule has 0 spiro atoms. The first-order chi connectivity index (χ1) is 9.39. The maximum atomic E-state index is 12.2. The lowest BCUT2D eigenvalue weighted by Crippen LogP contribution is -2.50. The van der Waals surface area contributed by atoms with E-state index in [-0.39, 0.29) is 5.91 Å². The Balaban J connectivity index is 1.98. The summed E-state index contributed by atoms with van der Waals surface area (Å²) < 4.78 is 5.65. The third-order valence-corrected chi connectivity index (χ3v) is 3.59. The van der Waals surface area contributed by atoms with Gasteiger partial charge in [0.2, 0.25) is 5.91 Å². The molecule has 4 heteroatoms. The van der Waals surface area contributed by atoms with Crippen LogP contribution < -0.4 is 15.8 Å². The molecular weight excluding hydrogens is 252 g/mol. The fourth-order valence-corrected chi connectivity index (χ4v) is 2.06. The monoisotopic (exact) mass is 276 g/mol. The second-order valence-corrected chi connectivity index (χ2v) is 6.24. The molecule has 0 saturated heterocycles. The van der Waals surface area contributed by atoms with Gasteiger partial charge in [0.05, 0.1) is 12.1 Å². The van der Waals surface area contributed by atoms with Crippen molar-refractivity contribution >= 4 is 11.6 Å². The van der Waals surface area contributed by atoms with E-state index in [4.69, 9.17) is 10.5 Å². The summed E-state index contributed by atoms with van der Waals surface area (Å²) in [6.45, 7) is 6.66. The minimum atomic E-state index is -0.783. The predicted octanol–water partition coefficient (Wildman–Crippen LogP) is 2.79. The summed E-state index contributed by atoms with van der Waals surface area (Å²) in [5.74, 6) is 1.42. The molecule has 0 bridgehead atoms. The Morgan fingerprint density at radius 3 is 2.80 bits per heavy atom. The summed E-state index contributed by atoms with van der Waals surface area (Å²) in [7, 11) is 0. The number of nitrogens with one attached hydrogen (secondary N) is 1. The van der Waals surface area contributed by atoms with E-state index in [0.29, 0.717) is 18.4 Å². The van der Waals surface area contributed by atoms with Crippen LogP contribution in [0.5, 0.6) is 5.75 Å². The first-order valence-electron chi connectivity index (χ1n) is 7.23. The van der Waals surface area contributed by atoms with Crippen LogP contribution in [0, 0.1) is 11.8 Å². The van der Waals surface area contributed by atoms with E-state index in [1.54, 1.807) is 6.92 Å². The average Bonchev–Trinajstić information content (AvgIpc) is 3.21. The van der Waals surface area contributed by atoms with Crippen LogP contribution >= 0.6 is 0 Å². The molecule has 1 atom stereocenters. The Kier molecular flexibility index (Phi) is 4.33. The van der Waals surface area contributed by atoms with Gasteiger partial charge < -0.3 is 15.8 Å². The van der Waals surface area contributed by atoms with Crippen molar-refractivity contribution in [3.8, 4) is 5.75 Å².